The van der Waals surface area contributed by atoms with E-state index in [9.17, 15) is 13.5 Å². The fraction of sp³-hybridized carbons (Fsp3) is 0.636. The molecule has 0 aliphatic carbocycles. The van der Waals surface area contributed by atoms with Crippen LogP contribution >= 0.6 is 0 Å². The standard InChI is InChI=1S/C11H20N2O4S/c1-8(2)5-9(14)6-13-7-10-3-4-11(17-10)18(12,15)16/h3-4,8-9,13-14H,5-7H2,1-2H3,(H2,12,15,16). The van der Waals surface area contributed by atoms with Crippen molar-refractivity contribution in [2.75, 3.05) is 6.54 Å². The van der Waals surface area contributed by atoms with Crippen molar-refractivity contribution in [1.29, 1.82) is 0 Å². The molecule has 1 atom stereocenters. The Labute approximate surface area is 107 Å². The molecule has 1 heterocycles. The van der Waals surface area contributed by atoms with Gasteiger partial charge in [0, 0.05) is 6.54 Å². The fourth-order valence-corrected chi connectivity index (χ4v) is 2.08. The molecule has 0 aromatic carbocycles. The number of rotatable bonds is 7. The molecule has 7 heteroatoms. The van der Waals surface area contributed by atoms with Crippen LogP contribution in [0.1, 0.15) is 26.0 Å². The molecular formula is C11H20N2O4S. The lowest BCUT2D eigenvalue weighted by Gasteiger charge is -2.13. The summed E-state index contributed by atoms with van der Waals surface area (Å²) in [6.45, 7) is 4.86. The van der Waals surface area contributed by atoms with Crippen LogP contribution in [-0.2, 0) is 16.6 Å². The third kappa shape index (κ3) is 5.18. The Kier molecular flexibility index (Phi) is 5.33. The molecule has 0 aliphatic rings. The molecule has 18 heavy (non-hydrogen) atoms. The van der Waals surface area contributed by atoms with E-state index in [1.807, 2.05) is 13.8 Å². The lowest BCUT2D eigenvalue weighted by atomic mass is 10.1. The van der Waals surface area contributed by atoms with E-state index < -0.39 is 16.1 Å². The van der Waals surface area contributed by atoms with Crippen LogP contribution in [0.25, 0.3) is 0 Å². The molecule has 0 saturated heterocycles. The van der Waals surface area contributed by atoms with Gasteiger partial charge >= 0.3 is 0 Å². The Morgan fingerprint density at radius 3 is 2.61 bits per heavy atom. The second kappa shape index (κ2) is 6.33. The third-order valence-electron chi connectivity index (χ3n) is 2.34. The lowest BCUT2D eigenvalue weighted by molar-refractivity contribution is 0.145. The molecule has 0 amide bonds. The van der Waals surface area contributed by atoms with Gasteiger partial charge in [-0.25, -0.2) is 13.6 Å². The topological polar surface area (TPSA) is 106 Å². The van der Waals surface area contributed by atoms with E-state index in [1.165, 1.54) is 6.07 Å². The van der Waals surface area contributed by atoms with Gasteiger partial charge in [0.25, 0.3) is 10.0 Å². The van der Waals surface area contributed by atoms with Gasteiger partial charge in [-0.15, -0.1) is 0 Å². The first-order valence-electron chi connectivity index (χ1n) is 5.79. The summed E-state index contributed by atoms with van der Waals surface area (Å²) in [7, 11) is -3.78. The zero-order valence-corrected chi connectivity index (χ0v) is 11.4. The first-order chi connectivity index (χ1) is 8.29. The first kappa shape index (κ1) is 15.2. The predicted octanol–water partition coefficient (Wildman–Crippen LogP) is 0.424. The summed E-state index contributed by atoms with van der Waals surface area (Å²) in [6, 6.07) is 2.86. The van der Waals surface area contributed by atoms with Crippen LogP contribution in [0.3, 0.4) is 0 Å². The van der Waals surface area contributed by atoms with Gasteiger partial charge in [0.2, 0.25) is 5.09 Å². The fourth-order valence-electron chi connectivity index (χ4n) is 1.60. The Bertz CT molecular complexity index is 467. The van der Waals surface area contributed by atoms with Crippen molar-refractivity contribution in [2.45, 2.75) is 38.0 Å². The van der Waals surface area contributed by atoms with Crippen LogP contribution < -0.4 is 10.5 Å². The summed E-state index contributed by atoms with van der Waals surface area (Å²) < 4.78 is 27.0. The first-order valence-corrected chi connectivity index (χ1v) is 7.34. The minimum atomic E-state index is -3.78. The zero-order chi connectivity index (χ0) is 13.8. The number of primary sulfonamides is 1. The van der Waals surface area contributed by atoms with E-state index in [-0.39, 0.29) is 5.09 Å². The molecule has 0 aliphatic heterocycles. The van der Waals surface area contributed by atoms with Crippen molar-refractivity contribution in [2.24, 2.45) is 11.1 Å². The molecule has 1 aromatic rings. The lowest BCUT2D eigenvalue weighted by Crippen LogP contribution is -2.27. The Balaban J connectivity index is 2.38. The van der Waals surface area contributed by atoms with Crippen molar-refractivity contribution >= 4 is 10.0 Å². The summed E-state index contributed by atoms with van der Waals surface area (Å²) in [6.07, 6.45) is 0.297. The van der Waals surface area contributed by atoms with E-state index >= 15 is 0 Å². The number of aliphatic hydroxyl groups is 1. The van der Waals surface area contributed by atoms with Crippen LogP contribution in [-0.4, -0.2) is 26.2 Å². The van der Waals surface area contributed by atoms with Gasteiger partial charge in [0.15, 0.2) is 0 Å². The monoisotopic (exact) mass is 276 g/mol. The molecule has 1 rings (SSSR count). The van der Waals surface area contributed by atoms with Gasteiger partial charge in [0.05, 0.1) is 12.6 Å². The SMILES string of the molecule is CC(C)CC(O)CNCc1ccc(S(N)(=O)=O)o1. The molecule has 1 unspecified atom stereocenters. The minimum absolute atomic E-state index is 0.248. The summed E-state index contributed by atoms with van der Waals surface area (Å²) in [4.78, 5) is 0. The zero-order valence-electron chi connectivity index (χ0n) is 10.6. The summed E-state index contributed by atoms with van der Waals surface area (Å²) in [5.74, 6) is 0.898. The number of sulfonamides is 1. The average Bonchev–Trinajstić information content (AvgIpc) is 2.64. The van der Waals surface area contributed by atoms with Gasteiger partial charge in [-0.3, -0.25) is 0 Å². The quantitative estimate of drug-likeness (QED) is 0.669. The van der Waals surface area contributed by atoms with Crippen molar-refractivity contribution in [3.8, 4) is 0 Å². The smallest absolute Gasteiger partial charge is 0.271 e. The molecule has 0 spiro atoms. The van der Waals surface area contributed by atoms with Crippen molar-refractivity contribution in [3.63, 3.8) is 0 Å². The molecule has 1 aromatic heterocycles. The van der Waals surface area contributed by atoms with Crippen LogP contribution in [0.15, 0.2) is 21.6 Å². The maximum atomic E-state index is 11.0. The number of hydrogen-bond donors (Lipinski definition) is 3. The summed E-state index contributed by atoms with van der Waals surface area (Å²) >= 11 is 0. The predicted molar refractivity (Wildman–Crippen MR) is 67.2 cm³/mol. The maximum Gasteiger partial charge on any atom is 0.271 e. The second-order valence-electron chi connectivity index (χ2n) is 4.68. The van der Waals surface area contributed by atoms with Gasteiger partial charge in [-0.05, 0) is 24.5 Å². The van der Waals surface area contributed by atoms with Gasteiger partial charge in [-0.1, -0.05) is 13.8 Å². The van der Waals surface area contributed by atoms with E-state index in [1.54, 1.807) is 6.07 Å². The molecule has 6 nitrogen and oxygen atoms in total. The van der Waals surface area contributed by atoms with Crippen LogP contribution in [0.5, 0.6) is 0 Å². The highest BCUT2D eigenvalue weighted by Crippen LogP contribution is 2.12. The van der Waals surface area contributed by atoms with Gasteiger partial charge in [0.1, 0.15) is 5.76 Å². The summed E-state index contributed by atoms with van der Waals surface area (Å²) in [5.41, 5.74) is 0. The number of furan rings is 1. The Morgan fingerprint density at radius 1 is 1.44 bits per heavy atom. The number of aliphatic hydroxyl groups excluding tert-OH is 1. The van der Waals surface area contributed by atoms with Crippen molar-refractivity contribution in [3.05, 3.63) is 17.9 Å². The molecular weight excluding hydrogens is 256 g/mol. The molecule has 0 radical (unpaired) electrons. The normalized spacial score (nSPS) is 14.1. The van der Waals surface area contributed by atoms with E-state index in [2.05, 4.69) is 5.32 Å². The Morgan fingerprint density at radius 2 is 2.11 bits per heavy atom. The van der Waals surface area contributed by atoms with Crippen LogP contribution in [0.2, 0.25) is 0 Å². The van der Waals surface area contributed by atoms with Gasteiger partial charge < -0.3 is 14.8 Å². The average molecular weight is 276 g/mol. The number of hydrogen-bond acceptors (Lipinski definition) is 5. The number of nitrogens with one attached hydrogen (secondary N) is 1. The van der Waals surface area contributed by atoms with Crippen molar-refractivity contribution < 1.29 is 17.9 Å². The highest BCUT2D eigenvalue weighted by atomic mass is 32.2. The molecule has 4 N–H and O–H groups in total. The van der Waals surface area contributed by atoms with E-state index in [4.69, 9.17) is 9.56 Å². The third-order valence-corrected chi connectivity index (χ3v) is 3.12. The van der Waals surface area contributed by atoms with Crippen molar-refractivity contribution in [1.82, 2.24) is 5.32 Å². The van der Waals surface area contributed by atoms with Crippen LogP contribution in [0, 0.1) is 5.92 Å². The molecule has 0 bridgehead atoms. The summed E-state index contributed by atoms with van der Waals surface area (Å²) in [5, 5.41) is 17.3. The molecule has 0 fully saturated rings. The second-order valence-corrected chi connectivity index (χ2v) is 6.17. The molecule has 104 valence electrons. The Hall–Kier alpha value is -0.890. The van der Waals surface area contributed by atoms with E-state index in [0.717, 1.165) is 0 Å². The van der Waals surface area contributed by atoms with Gasteiger partial charge in [-0.2, -0.15) is 0 Å². The van der Waals surface area contributed by atoms with E-state index in [0.29, 0.717) is 31.2 Å². The molecule has 0 saturated carbocycles. The number of nitrogens with two attached hydrogens (primary N) is 1. The highest BCUT2D eigenvalue weighted by molar-refractivity contribution is 7.89. The largest absolute Gasteiger partial charge is 0.447 e. The minimum Gasteiger partial charge on any atom is -0.447 e. The van der Waals surface area contributed by atoms with Crippen LogP contribution in [0.4, 0.5) is 0 Å². The highest BCUT2D eigenvalue weighted by Gasteiger charge is 2.13. The maximum absolute atomic E-state index is 11.0.